The lowest BCUT2D eigenvalue weighted by Crippen LogP contribution is -2.09. The number of hydrogen-bond donors (Lipinski definition) is 1. The fourth-order valence-electron chi connectivity index (χ4n) is 2.19. The van der Waals surface area contributed by atoms with Crippen LogP contribution in [0.5, 0.6) is 0 Å². The summed E-state index contributed by atoms with van der Waals surface area (Å²) >= 11 is 2.34. The zero-order valence-electron chi connectivity index (χ0n) is 13.1. The first kappa shape index (κ1) is 16.2. The molecule has 0 radical (unpaired) electrons. The Bertz CT molecular complexity index is 638. The molecule has 2 rings (SSSR count). The van der Waals surface area contributed by atoms with E-state index in [0.717, 1.165) is 45.9 Å². The van der Waals surface area contributed by atoms with Gasteiger partial charge in [-0.25, -0.2) is 9.97 Å². The van der Waals surface area contributed by atoms with E-state index in [9.17, 15) is 0 Å². The standard InChI is InChI=1S/C17H22IN3/c1-5-9-19-17-15(18)14(6-2)20-16(21-17)13-10-11(3)7-8-12(13)4/h7-8,10H,5-6,9H2,1-4H3,(H,19,20,21). The van der Waals surface area contributed by atoms with Crippen LogP contribution in [0, 0.1) is 17.4 Å². The van der Waals surface area contributed by atoms with E-state index in [1.54, 1.807) is 0 Å². The van der Waals surface area contributed by atoms with E-state index < -0.39 is 0 Å². The summed E-state index contributed by atoms with van der Waals surface area (Å²) in [5.41, 5.74) is 4.69. The maximum atomic E-state index is 4.77. The third-order valence-electron chi connectivity index (χ3n) is 3.43. The van der Waals surface area contributed by atoms with Crippen LogP contribution in [0.1, 0.15) is 37.1 Å². The molecule has 112 valence electrons. The summed E-state index contributed by atoms with van der Waals surface area (Å²) < 4.78 is 1.14. The second kappa shape index (κ2) is 7.20. The summed E-state index contributed by atoms with van der Waals surface area (Å²) in [6, 6.07) is 6.43. The van der Waals surface area contributed by atoms with Crippen molar-refractivity contribution >= 4 is 28.4 Å². The third-order valence-corrected chi connectivity index (χ3v) is 4.56. The van der Waals surface area contributed by atoms with E-state index in [2.05, 4.69) is 73.8 Å². The van der Waals surface area contributed by atoms with E-state index in [-0.39, 0.29) is 0 Å². The summed E-state index contributed by atoms with van der Waals surface area (Å²) in [5, 5.41) is 3.42. The minimum atomic E-state index is 0.826. The van der Waals surface area contributed by atoms with Crippen LogP contribution < -0.4 is 5.32 Å². The van der Waals surface area contributed by atoms with Crippen molar-refractivity contribution in [2.45, 2.75) is 40.5 Å². The Morgan fingerprint density at radius 1 is 1.14 bits per heavy atom. The SMILES string of the molecule is CCCNc1nc(-c2cc(C)ccc2C)nc(CC)c1I. The summed E-state index contributed by atoms with van der Waals surface area (Å²) in [5.74, 6) is 1.78. The summed E-state index contributed by atoms with van der Waals surface area (Å²) in [7, 11) is 0. The van der Waals surface area contributed by atoms with Gasteiger partial charge in [-0.3, -0.25) is 0 Å². The molecule has 1 aromatic carbocycles. The molecule has 4 heteroatoms. The van der Waals surface area contributed by atoms with Crippen LogP contribution in [0.2, 0.25) is 0 Å². The molecule has 2 aromatic rings. The molecule has 0 saturated heterocycles. The fourth-order valence-corrected chi connectivity index (χ4v) is 3.00. The van der Waals surface area contributed by atoms with Gasteiger partial charge in [0.05, 0.1) is 9.26 Å². The van der Waals surface area contributed by atoms with Gasteiger partial charge in [0.2, 0.25) is 0 Å². The van der Waals surface area contributed by atoms with Gasteiger partial charge in [-0.2, -0.15) is 0 Å². The van der Waals surface area contributed by atoms with Crippen molar-refractivity contribution in [1.82, 2.24) is 9.97 Å². The van der Waals surface area contributed by atoms with Crippen molar-refractivity contribution in [2.75, 3.05) is 11.9 Å². The van der Waals surface area contributed by atoms with Crippen molar-refractivity contribution in [3.8, 4) is 11.4 Å². The smallest absolute Gasteiger partial charge is 0.162 e. The fraction of sp³-hybridized carbons (Fsp3) is 0.412. The average Bonchev–Trinajstić information content (AvgIpc) is 2.48. The highest BCUT2D eigenvalue weighted by Crippen LogP contribution is 2.27. The van der Waals surface area contributed by atoms with Gasteiger partial charge in [0, 0.05) is 12.1 Å². The van der Waals surface area contributed by atoms with Gasteiger partial charge in [-0.05, 0) is 60.9 Å². The number of aryl methyl sites for hydroxylation is 3. The molecule has 1 N–H and O–H groups in total. The van der Waals surface area contributed by atoms with Crippen LogP contribution in [-0.2, 0) is 6.42 Å². The monoisotopic (exact) mass is 395 g/mol. The maximum Gasteiger partial charge on any atom is 0.162 e. The van der Waals surface area contributed by atoms with Crippen LogP contribution in [0.15, 0.2) is 18.2 Å². The first-order valence-corrected chi connectivity index (χ1v) is 8.52. The molecule has 0 amide bonds. The molecule has 1 heterocycles. The quantitative estimate of drug-likeness (QED) is 0.743. The number of anilines is 1. The molecular weight excluding hydrogens is 373 g/mol. The lowest BCUT2D eigenvalue weighted by Gasteiger charge is -2.13. The van der Waals surface area contributed by atoms with Gasteiger partial charge in [0.15, 0.2) is 5.82 Å². The highest BCUT2D eigenvalue weighted by Gasteiger charge is 2.13. The Morgan fingerprint density at radius 2 is 1.90 bits per heavy atom. The molecule has 0 saturated carbocycles. The van der Waals surface area contributed by atoms with E-state index in [0.29, 0.717) is 0 Å². The minimum absolute atomic E-state index is 0.826. The summed E-state index contributed by atoms with van der Waals surface area (Å²) in [6.07, 6.45) is 2.00. The van der Waals surface area contributed by atoms with Gasteiger partial charge in [-0.15, -0.1) is 0 Å². The van der Waals surface area contributed by atoms with Crippen LogP contribution in [0.3, 0.4) is 0 Å². The van der Waals surface area contributed by atoms with Crippen molar-refractivity contribution in [3.05, 3.63) is 38.6 Å². The molecule has 0 spiro atoms. The second-order valence-corrected chi connectivity index (χ2v) is 6.33. The summed E-state index contributed by atoms with van der Waals surface area (Å²) in [6.45, 7) is 9.45. The minimum Gasteiger partial charge on any atom is -0.369 e. The molecule has 0 bridgehead atoms. The zero-order valence-corrected chi connectivity index (χ0v) is 15.3. The highest BCUT2D eigenvalue weighted by atomic mass is 127. The molecular formula is C17H22IN3. The Labute approximate surface area is 140 Å². The first-order valence-electron chi connectivity index (χ1n) is 7.44. The highest BCUT2D eigenvalue weighted by molar-refractivity contribution is 14.1. The number of halogens is 1. The number of nitrogens with zero attached hydrogens (tertiary/aromatic N) is 2. The van der Waals surface area contributed by atoms with Gasteiger partial charge < -0.3 is 5.32 Å². The molecule has 0 unspecified atom stereocenters. The van der Waals surface area contributed by atoms with E-state index in [4.69, 9.17) is 9.97 Å². The second-order valence-electron chi connectivity index (χ2n) is 5.26. The molecule has 1 aromatic heterocycles. The first-order chi connectivity index (χ1) is 10.1. The lowest BCUT2D eigenvalue weighted by molar-refractivity contribution is 0.942. The van der Waals surface area contributed by atoms with E-state index in [1.807, 2.05) is 0 Å². The normalized spacial score (nSPS) is 10.7. The van der Waals surface area contributed by atoms with Gasteiger partial charge in [0.25, 0.3) is 0 Å². The lowest BCUT2D eigenvalue weighted by atomic mass is 10.0. The number of rotatable bonds is 5. The van der Waals surface area contributed by atoms with Crippen molar-refractivity contribution in [1.29, 1.82) is 0 Å². The molecule has 21 heavy (non-hydrogen) atoms. The number of aromatic nitrogens is 2. The van der Waals surface area contributed by atoms with E-state index in [1.165, 1.54) is 11.1 Å². The van der Waals surface area contributed by atoms with Crippen molar-refractivity contribution in [2.24, 2.45) is 0 Å². The van der Waals surface area contributed by atoms with Crippen molar-refractivity contribution in [3.63, 3.8) is 0 Å². The van der Waals surface area contributed by atoms with Gasteiger partial charge in [0.1, 0.15) is 5.82 Å². The van der Waals surface area contributed by atoms with Gasteiger partial charge >= 0.3 is 0 Å². The van der Waals surface area contributed by atoms with Gasteiger partial charge in [-0.1, -0.05) is 31.5 Å². The maximum absolute atomic E-state index is 4.77. The average molecular weight is 395 g/mol. The third kappa shape index (κ3) is 3.73. The summed E-state index contributed by atoms with van der Waals surface area (Å²) in [4.78, 5) is 9.53. The van der Waals surface area contributed by atoms with Crippen LogP contribution >= 0.6 is 22.6 Å². The van der Waals surface area contributed by atoms with Crippen LogP contribution in [-0.4, -0.2) is 16.5 Å². The largest absolute Gasteiger partial charge is 0.369 e. The van der Waals surface area contributed by atoms with Crippen molar-refractivity contribution < 1.29 is 0 Å². The predicted octanol–water partition coefficient (Wildman–Crippen LogP) is 4.75. The molecule has 0 aliphatic rings. The van der Waals surface area contributed by atoms with Crippen LogP contribution in [0.25, 0.3) is 11.4 Å². The Kier molecular flexibility index (Phi) is 5.56. The zero-order chi connectivity index (χ0) is 15.4. The molecule has 0 atom stereocenters. The Balaban J connectivity index is 2.55. The predicted molar refractivity (Wildman–Crippen MR) is 97.8 cm³/mol. The topological polar surface area (TPSA) is 37.8 Å². The number of nitrogens with one attached hydrogen (secondary N) is 1. The number of benzene rings is 1. The Hall–Kier alpha value is -1.17. The molecule has 3 nitrogen and oxygen atoms in total. The Morgan fingerprint density at radius 3 is 2.57 bits per heavy atom. The van der Waals surface area contributed by atoms with Crippen LogP contribution in [0.4, 0.5) is 5.82 Å². The molecule has 0 aliphatic carbocycles. The number of hydrogen-bond acceptors (Lipinski definition) is 3. The molecule has 0 aliphatic heterocycles. The van der Waals surface area contributed by atoms with E-state index >= 15 is 0 Å². The molecule has 0 fully saturated rings.